The van der Waals surface area contributed by atoms with Gasteiger partial charge in [-0.1, -0.05) is 40.9 Å². The van der Waals surface area contributed by atoms with Crippen LogP contribution in [0.25, 0.3) is 0 Å². The standard InChI is InChI=1S/C9H7Cl2NO/c1-5-2-3-7-6(4-5)9(10,11)8(13)12-7/h2-4H,1H3,(H,12,13). The molecule has 2 nitrogen and oxygen atoms in total. The van der Waals surface area contributed by atoms with Crippen molar-refractivity contribution >= 4 is 34.8 Å². The van der Waals surface area contributed by atoms with Crippen LogP contribution in [-0.4, -0.2) is 5.91 Å². The van der Waals surface area contributed by atoms with Gasteiger partial charge in [0.05, 0.1) is 0 Å². The van der Waals surface area contributed by atoms with Crippen LogP contribution in [0.1, 0.15) is 11.1 Å². The Morgan fingerprint density at radius 3 is 2.77 bits per heavy atom. The first-order valence-corrected chi connectivity index (χ1v) is 4.58. The van der Waals surface area contributed by atoms with E-state index in [9.17, 15) is 4.79 Å². The summed E-state index contributed by atoms with van der Waals surface area (Å²) in [6.45, 7) is 1.92. The molecule has 0 atom stereocenters. The molecule has 0 aliphatic carbocycles. The SMILES string of the molecule is Cc1ccc2c(c1)C(Cl)(Cl)C(=O)N2. The maximum atomic E-state index is 11.3. The Kier molecular flexibility index (Phi) is 1.79. The van der Waals surface area contributed by atoms with Crippen molar-refractivity contribution in [2.24, 2.45) is 0 Å². The second-order valence-electron chi connectivity index (χ2n) is 3.08. The Morgan fingerprint density at radius 1 is 1.38 bits per heavy atom. The molecule has 0 bridgehead atoms. The fourth-order valence-corrected chi connectivity index (χ4v) is 1.76. The van der Waals surface area contributed by atoms with Crippen LogP contribution in [-0.2, 0) is 9.13 Å². The number of alkyl halides is 2. The van der Waals surface area contributed by atoms with Crippen molar-refractivity contribution in [3.63, 3.8) is 0 Å². The van der Waals surface area contributed by atoms with Gasteiger partial charge >= 0.3 is 0 Å². The first kappa shape index (κ1) is 8.85. The van der Waals surface area contributed by atoms with Crippen molar-refractivity contribution in [3.8, 4) is 0 Å². The third kappa shape index (κ3) is 1.21. The number of aryl methyl sites for hydroxylation is 1. The second-order valence-corrected chi connectivity index (χ2v) is 4.40. The number of nitrogens with one attached hydrogen (secondary N) is 1. The highest BCUT2D eigenvalue weighted by Gasteiger charge is 2.43. The zero-order chi connectivity index (χ0) is 9.64. The summed E-state index contributed by atoms with van der Waals surface area (Å²) in [5.74, 6) is -0.378. The van der Waals surface area contributed by atoms with Crippen LogP contribution in [0.2, 0.25) is 0 Å². The van der Waals surface area contributed by atoms with Crippen LogP contribution in [0, 0.1) is 6.92 Å². The molecule has 0 saturated heterocycles. The number of anilines is 1. The molecule has 1 heterocycles. The fourth-order valence-electron chi connectivity index (χ4n) is 1.35. The molecule has 1 N–H and O–H groups in total. The molecule has 0 aromatic heterocycles. The molecule has 0 saturated carbocycles. The molecule has 1 amide bonds. The van der Waals surface area contributed by atoms with Crippen LogP contribution < -0.4 is 5.32 Å². The third-order valence-corrected chi connectivity index (χ3v) is 2.80. The average molecular weight is 216 g/mol. The topological polar surface area (TPSA) is 29.1 Å². The maximum Gasteiger partial charge on any atom is 0.265 e. The Balaban J connectivity index is 2.64. The van der Waals surface area contributed by atoms with Gasteiger partial charge < -0.3 is 5.32 Å². The van der Waals surface area contributed by atoms with Crippen LogP contribution >= 0.6 is 23.2 Å². The lowest BCUT2D eigenvalue weighted by Crippen LogP contribution is -2.21. The largest absolute Gasteiger partial charge is 0.323 e. The second kappa shape index (κ2) is 2.63. The van der Waals surface area contributed by atoms with Gasteiger partial charge in [-0.2, -0.15) is 0 Å². The molecule has 13 heavy (non-hydrogen) atoms. The van der Waals surface area contributed by atoms with Crippen LogP contribution in [0.3, 0.4) is 0 Å². The molecule has 0 unspecified atom stereocenters. The first-order chi connectivity index (χ1) is 6.01. The number of halogens is 2. The van der Waals surface area contributed by atoms with E-state index in [1.807, 2.05) is 19.1 Å². The van der Waals surface area contributed by atoms with Gasteiger partial charge in [-0.3, -0.25) is 4.79 Å². The Hall–Kier alpha value is -0.730. The van der Waals surface area contributed by atoms with Gasteiger partial charge in [-0.15, -0.1) is 0 Å². The molecule has 1 aromatic carbocycles. The highest BCUT2D eigenvalue weighted by molar-refractivity contribution is 6.60. The number of amides is 1. The van der Waals surface area contributed by atoms with E-state index >= 15 is 0 Å². The highest BCUT2D eigenvalue weighted by Crippen LogP contribution is 2.44. The molecule has 1 aromatic rings. The van der Waals surface area contributed by atoms with Crippen molar-refractivity contribution in [2.45, 2.75) is 11.3 Å². The number of carbonyl (C=O) groups excluding carboxylic acids is 1. The molecule has 0 spiro atoms. The molecule has 2 rings (SSSR count). The first-order valence-electron chi connectivity index (χ1n) is 3.82. The molecule has 1 aliphatic rings. The molecular formula is C9H7Cl2NO. The summed E-state index contributed by atoms with van der Waals surface area (Å²) < 4.78 is -1.43. The van der Waals surface area contributed by atoms with E-state index in [0.717, 1.165) is 5.56 Å². The van der Waals surface area contributed by atoms with E-state index in [1.54, 1.807) is 6.07 Å². The Labute approximate surface area is 85.8 Å². The Morgan fingerprint density at radius 2 is 2.08 bits per heavy atom. The maximum absolute atomic E-state index is 11.3. The number of fused-ring (bicyclic) bond motifs is 1. The summed E-state index contributed by atoms with van der Waals surface area (Å²) in [4.78, 5) is 11.3. The van der Waals surface area contributed by atoms with Gasteiger partial charge in [0.25, 0.3) is 5.91 Å². The molecule has 1 aliphatic heterocycles. The van der Waals surface area contributed by atoms with Gasteiger partial charge in [0.15, 0.2) is 0 Å². The minimum Gasteiger partial charge on any atom is -0.323 e. The minimum absolute atomic E-state index is 0.378. The fraction of sp³-hybridized carbons (Fsp3) is 0.222. The summed E-state index contributed by atoms with van der Waals surface area (Å²) in [5.41, 5.74) is 2.36. The van der Waals surface area contributed by atoms with Crippen molar-refractivity contribution in [2.75, 3.05) is 5.32 Å². The summed E-state index contributed by atoms with van der Waals surface area (Å²) in [5, 5.41) is 2.61. The minimum atomic E-state index is -1.43. The summed E-state index contributed by atoms with van der Waals surface area (Å²) in [6, 6.07) is 5.51. The number of carbonyl (C=O) groups is 1. The highest BCUT2D eigenvalue weighted by atomic mass is 35.5. The number of hydrogen-bond acceptors (Lipinski definition) is 1. The van der Waals surface area contributed by atoms with Crippen LogP contribution in [0.5, 0.6) is 0 Å². The third-order valence-electron chi connectivity index (χ3n) is 2.05. The van der Waals surface area contributed by atoms with E-state index in [4.69, 9.17) is 23.2 Å². The normalized spacial score (nSPS) is 18.2. The van der Waals surface area contributed by atoms with E-state index in [2.05, 4.69) is 5.32 Å². The smallest absolute Gasteiger partial charge is 0.265 e. The number of rotatable bonds is 0. The van der Waals surface area contributed by atoms with Gasteiger partial charge in [0, 0.05) is 11.3 Å². The predicted molar refractivity (Wildman–Crippen MR) is 53.2 cm³/mol. The quantitative estimate of drug-likeness (QED) is 0.663. The van der Waals surface area contributed by atoms with Crippen LogP contribution in [0.4, 0.5) is 5.69 Å². The number of hydrogen-bond donors (Lipinski definition) is 1. The van der Waals surface area contributed by atoms with Crippen molar-refractivity contribution in [1.82, 2.24) is 0 Å². The van der Waals surface area contributed by atoms with Crippen LogP contribution in [0.15, 0.2) is 18.2 Å². The molecule has 4 heteroatoms. The summed E-state index contributed by atoms with van der Waals surface area (Å²) in [6.07, 6.45) is 0. The zero-order valence-corrected chi connectivity index (χ0v) is 8.41. The van der Waals surface area contributed by atoms with E-state index in [1.165, 1.54) is 0 Å². The zero-order valence-electron chi connectivity index (χ0n) is 6.90. The molecule has 68 valence electrons. The summed E-state index contributed by atoms with van der Waals surface area (Å²) >= 11 is 11.7. The summed E-state index contributed by atoms with van der Waals surface area (Å²) in [7, 11) is 0. The molecule has 0 fully saturated rings. The lowest BCUT2D eigenvalue weighted by Gasteiger charge is -2.09. The van der Waals surface area contributed by atoms with Crippen molar-refractivity contribution in [1.29, 1.82) is 0 Å². The van der Waals surface area contributed by atoms with Gasteiger partial charge in [-0.05, 0) is 13.0 Å². The predicted octanol–water partition coefficient (Wildman–Crippen LogP) is 2.58. The van der Waals surface area contributed by atoms with Crippen molar-refractivity contribution in [3.05, 3.63) is 29.3 Å². The Bertz CT molecular complexity index is 387. The average Bonchev–Trinajstić information content (AvgIpc) is 2.27. The molecule has 0 radical (unpaired) electrons. The van der Waals surface area contributed by atoms with Gasteiger partial charge in [0.2, 0.25) is 4.33 Å². The monoisotopic (exact) mass is 215 g/mol. The lowest BCUT2D eigenvalue weighted by molar-refractivity contribution is -0.116. The van der Waals surface area contributed by atoms with E-state index < -0.39 is 4.33 Å². The van der Waals surface area contributed by atoms with E-state index in [-0.39, 0.29) is 5.91 Å². The number of benzene rings is 1. The van der Waals surface area contributed by atoms with Crippen molar-refractivity contribution < 1.29 is 4.79 Å². The van der Waals surface area contributed by atoms with E-state index in [0.29, 0.717) is 11.3 Å². The van der Waals surface area contributed by atoms with Gasteiger partial charge in [0.1, 0.15) is 0 Å². The molecular weight excluding hydrogens is 209 g/mol. The lowest BCUT2D eigenvalue weighted by atomic mass is 10.1. The van der Waals surface area contributed by atoms with Gasteiger partial charge in [-0.25, -0.2) is 0 Å².